The number of hydrogen-bond donors (Lipinski definition) is 3. The van der Waals surface area contributed by atoms with Gasteiger partial charge in [-0.15, -0.1) is 0 Å². The standard InChI is InChI=1S/C11H14BrNO5S/c12-10-4-3-8(7-9(10)11(15)16)19(17,18)13-5-1-2-6-14/h3-4,7,13-14H,1-2,5-6H2,(H,15,16). The quantitative estimate of drug-likeness (QED) is 0.640. The topological polar surface area (TPSA) is 104 Å². The first-order valence-electron chi connectivity index (χ1n) is 5.52. The van der Waals surface area contributed by atoms with Crippen LogP contribution in [0.3, 0.4) is 0 Å². The molecule has 0 unspecified atom stereocenters. The Labute approximate surface area is 119 Å². The van der Waals surface area contributed by atoms with Gasteiger partial charge in [-0.2, -0.15) is 0 Å². The van der Waals surface area contributed by atoms with E-state index in [4.69, 9.17) is 10.2 Å². The Kier molecular flexibility index (Phi) is 5.92. The number of aliphatic hydroxyl groups excluding tert-OH is 1. The van der Waals surface area contributed by atoms with Gasteiger partial charge in [-0.1, -0.05) is 0 Å². The average molecular weight is 352 g/mol. The maximum absolute atomic E-state index is 11.9. The van der Waals surface area contributed by atoms with Gasteiger partial charge in [-0.3, -0.25) is 0 Å². The second kappa shape index (κ2) is 6.99. The number of nitrogens with one attached hydrogen (secondary N) is 1. The van der Waals surface area contributed by atoms with E-state index < -0.39 is 16.0 Å². The zero-order valence-corrected chi connectivity index (χ0v) is 12.4. The van der Waals surface area contributed by atoms with Crippen LogP contribution in [-0.2, 0) is 10.0 Å². The predicted octanol–water partition coefficient (Wildman–Crippen LogP) is 1.20. The maximum Gasteiger partial charge on any atom is 0.336 e. The van der Waals surface area contributed by atoms with Crippen LogP contribution in [-0.4, -0.2) is 37.8 Å². The normalized spacial score (nSPS) is 11.5. The van der Waals surface area contributed by atoms with Gasteiger partial charge in [0.2, 0.25) is 10.0 Å². The van der Waals surface area contributed by atoms with Gasteiger partial charge in [0.25, 0.3) is 0 Å². The molecule has 0 aliphatic heterocycles. The maximum atomic E-state index is 11.9. The van der Waals surface area contributed by atoms with E-state index in [9.17, 15) is 13.2 Å². The minimum absolute atomic E-state index is 0.00315. The van der Waals surface area contributed by atoms with E-state index in [1.54, 1.807) is 0 Å². The van der Waals surface area contributed by atoms with Crippen LogP contribution >= 0.6 is 15.9 Å². The fraction of sp³-hybridized carbons (Fsp3) is 0.364. The molecule has 0 radical (unpaired) electrons. The molecule has 0 atom stereocenters. The molecule has 0 amide bonds. The molecule has 8 heteroatoms. The van der Waals surface area contributed by atoms with Crippen molar-refractivity contribution in [2.24, 2.45) is 0 Å². The highest BCUT2D eigenvalue weighted by atomic mass is 79.9. The van der Waals surface area contributed by atoms with Crippen molar-refractivity contribution in [2.45, 2.75) is 17.7 Å². The highest BCUT2D eigenvalue weighted by Crippen LogP contribution is 2.21. The SMILES string of the molecule is O=C(O)c1cc(S(=O)(=O)NCCCCO)ccc1Br. The van der Waals surface area contributed by atoms with Gasteiger partial charge in [0.1, 0.15) is 0 Å². The Balaban J connectivity index is 2.89. The van der Waals surface area contributed by atoms with Crippen molar-refractivity contribution in [2.75, 3.05) is 13.2 Å². The minimum Gasteiger partial charge on any atom is -0.478 e. The second-order valence-electron chi connectivity index (χ2n) is 3.78. The molecular weight excluding hydrogens is 338 g/mol. The van der Waals surface area contributed by atoms with Crippen LogP contribution in [0.4, 0.5) is 0 Å². The number of carboxylic acid groups (broad SMARTS) is 1. The molecule has 19 heavy (non-hydrogen) atoms. The number of aromatic carboxylic acids is 1. The fourth-order valence-electron chi connectivity index (χ4n) is 1.36. The first-order valence-corrected chi connectivity index (χ1v) is 7.79. The van der Waals surface area contributed by atoms with Crippen LogP contribution < -0.4 is 4.72 Å². The van der Waals surface area contributed by atoms with Gasteiger partial charge in [-0.25, -0.2) is 17.9 Å². The van der Waals surface area contributed by atoms with Crippen LogP contribution in [0.25, 0.3) is 0 Å². The third-order valence-electron chi connectivity index (χ3n) is 2.36. The van der Waals surface area contributed by atoms with E-state index in [0.29, 0.717) is 17.3 Å². The monoisotopic (exact) mass is 351 g/mol. The Bertz CT molecular complexity index is 558. The van der Waals surface area contributed by atoms with Crippen LogP contribution in [0.15, 0.2) is 27.6 Å². The van der Waals surface area contributed by atoms with Crippen LogP contribution in [0.1, 0.15) is 23.2 Å². The highest BCUT2D eigenvalue weighted by Gasteiger charge is 2.17. The van der Waals surface area contributed by atoms with Gasteiger partial charge in [0.15, 0.2) is 0 Å². The third-order valence-corrected chi connectivity index (χ3v) is 4.51. The molecule has 0 saturated heterocycles. The number of hydrogen-bond acceptors (Lipinski definition) is 4. The van der Waals surface area contributed by atoms with E-state index in [2.05, 4.69) is 20.7 Å². The molecule has 0 saturated carbocycles. The number of carboxylic acids is 1. The average Bonchev–Trinajstić information content (AvgIpc) is 2.34. The number of aliphatic hydroxyl groups is 1. The molecule has 1 rings (SSSR count). The summed E-state index contributed by atoms with van der Waals surface area (Å²) >= 11 is 3.05. The minimum atomic E-state index is -3.73. The van der Waals surface area contributed by atoms with E-state index in [1.807, 2.05) is 0 Å². The summed E-state index contributed by atoms with van der Waals surface area (Å²) in [6.07, 6.45) is 1.02. The summed E-state index contributed by atoms with van der Waals surface area (Å²) in [7, 11) is -3.73. The summed E-state index contributed by atoms with van der Waals surface area (Å²) in [5.74, 6) is -1.20. The van der Waals surface area contributed by atoms with E-state index >= 15 is 0 Å². The Morgan fingerprint density at radius 1 is 1.32 bits per heavy atom. The lowest BCUT2D eigenvalue weighted by molar-refractivity contribution is 0.0695. The van der Waals surface area contributed by atoms with E-state index in [-0.39, 0.29) is 23.6 Å². The molecule has 0 fully saturated rings. The molecule has 0 aliphatic rings. The summed E-state index contributed by atoms with van der Waals surface area (Å²) < 4.78 is 26.5. The zero-order valence-electron chi connectivity index (χ0n) is 9.97. The summed E-state index contributed by atoms with van der Waals surface area (Å²) in [6, 6.07) is 3.80. The molecule has 3 N–H and O–H groups in total. The van der Waals surface area contributed by atoms with Crippen LogP contribution in [0.5, 0.6) is 0 Å². The van der Waals surface area contributed by atoms with Crippen molar-refractivity contribution >= 4 is 31.9 Å². The van der Waals surface area contributed by atoms with Crippen molar-refractivity contribution < 1.29 is 23.4 Å². The van der Waals surface area contributed by atoms with Gasteiger partial charge in [0.05, 0.1) is 10.5 Å². The first-order chi connectivity index (χ1) is 8.88. The molecule has 106 valence electrons. The summed E-state index contributed by atoms with van der Waals surface area (Å²) in [4.78, 5) is 10.8. The van der Waals surface area contributed by atoms with Crippen LogP contribution in [0, 0.1) is 0 Å². The number of halogens is 1. The molecule has 1 aromatic carbocycles. The molecule has 0 aromatic heterocycles. The van der Waals surface area contributed by atoms with Crippen LogP contribution in [0.2, 0.25) is 0 Å². The van der Waals surface area contributed by atoms with Gasteiger partial charge in [0, 0.05) is 17.6 Å². The van der Waals surface area contributed by atoms with Crippen molar-refractivity contribution in [1.82, 2.24) is 4.72 Å². The molecule has 1 aromatic rings. The summed E-state index contributed by atoms with van der Waals surface area (Å²) in [5, 5.41) is 17.5. The smallest absolute Gasteiger partial charge is 0.336 e. The number of benzene rings is 1. The number of rotatable bonds is 7. The first kappa shape index (κ1) is 16.1. The summed E-state index contributed by atoms with van der Waals surface area (Å²) in [6.45, 7) is 0.199. The predicted molar refractivity (Wildman–Crippen MR) is 72.6 cm³/mol. The lowest BCUT2D eigenvalue weighted by Gasteiger charge is -2.08. The fourth-order valence-corrected chi connectivity index (χ4v) is 2.88. The molecule has 0 heterocycles. The number of sulfonamides is 1. The second-order valence-corrected chi connectivity index (χ2v) is 6.40. The van der Waals surface area contributed by atoms with Gasteiger partial charge in [-0.05, 0) is 47.0 Å². The number of carbonyl (C=O) groups is 1. The van der Waals surface area contributed by atoms with E-state index in [1.165, 1.54) is 12.1 Å². The van der Waals surface area contributed by atoms with Crippen molar-refractivity contribution in [3.05, 3.63) is 28.2 Å². The molecule has 0 spiro atoms. The van der Waals surface area contributed by atoms with Crippen molar-refractivity contribution in [1.29, 1.82) is 0 Å². The number of unbranched alkanes of at least 4 members (excludes halogenated alkanes) is 1. The van der Waals surface area contributed by atoms with Gasteiger partial charge < -0.3 is 10.2 Å². The molecule has 0 bridgehead atoms. The Morgan fingerprint density at radius 3 is 2.58 bits per heavy atom. The highest BCUT2D eigenvalue weighted by molar-refractivity contribution is 9.10. The Morgan fingerprint density at radius 2 is 2.00 bits per heavy atom. The zero-order chi connectivity index (χ0) is 14.5. The van der Waals surface area contributed by atoms with Crippen molar-refractivity contribution in [3.63, 3.8) is 0 Å². The lowest BCUT2D eigenvalue weighted by atomic mass is 10.2. The lowest BCUT2D eigenvalue weighted by Crippen LogP contribution is -2.25. The Hall–Kier alpha value is -0.960. The molecule has 0 aliphatic carbocycles. The van der Waals surface area contributed by atoms with Crippen molar-refractivity contribution in [3.8, 4) is 0 Å². The summed E-state index contributed by atoms with van der Waals surface area (Å²) in [5.41, 5.74) is -0.113. The third kappa shape index (κ3) is 4.57. The largest absolute Gasteiger partial charge is 0.478 e. The molecule has 6 nitrogen and oxygen atoms in total. The van der Waals surface area contributed by atoms with Gasteiger partial charge >= 0.3 is 5.97 Å². The molecular formula is C11H14BrNO5S. The van der Waals surface area contributed by atoms with E-state index in [0.717, 1.165) is 6.07 Å².